The lowest BCUT2D eigenvalue weighted by molar-refractivity contribution is 0.0692. The molecule has 1 aromatic heterocycles. The molecule has 162 valence electrons. The van der Waals surface area contributed by atoms with Crippen molar-refractivity contribution in [2.45, 2.75) is 12.8 Å². The molecule has 2 N–H and O–H groups in total. The summed E-state index contributed by atoms with van der Waals surface area (Å²) in [6.45, 7) is 0. The lowest BCUT2D eigenvalue weighted by Crippen LogP contribution is -2.16. The molecule has 0 fully saturated rings. The Labute approximate surface area is 188 Å². The van der Waals surface area contributed by atoms with E-state index in [9.17, 15) is 19.5 Å². The molecule has 0 unspecified atom stereocenters. The van der Waals surface area contributed by atoms with Crippen LogP contribution >= 0.6 is 0 Å². The summed E-state index contributed by atoms with van der Waals surface area (Å²) in [5.41, 5.74) is 3.31. The smallest absolute Gasteiger partial charge is 0.336 e. The molecule has 1 aliphatic carbocycles. The van der Waals surface area contributed by atoms with Gasteiger partial charge in [0.05, 0.1) is 16.5 Å². The molecular formula is C27H19NO5. The van der Waals surface area contributed by atoms with Crippen molar-refractivity contribution in [2.75, 3.05) is 5.32 Å². The molecule has 0 radical (unpaired) electrons. The van der Waals surface area contributed by atoms with E-state index in [0.29, 0.717) is 34.4 Å². The summed E-state index contributed by atoms with van der Waals surface area (Å²) in [4.78, 5) is 37.3. The Morgan fingerprint density at radius 2 is 1.64 bits per heavy atom. The minimum absolute atomic E-state index is 0.0433. The van der Waals surface area contributed by atoms with Crippen LogP contribution in [0.2, 0.25) is 0 Å². The Morgan fingerprint density at radius 3 is 2.39 bits per heavy atom. The van der Waals surface area contributed by atoms with Crippen molar-refractivity contribution in [1.82, 2.24) is 0 Å². The largest absolute Gasteiger partial charge is 0.478 e. The van der Waals surface area contributed by atoms with Gasteiger partial charge in [0, 0.05) is 11.3 Å². The highest BCUT2D eigenvalue weighted by atomic mass is 16.4. The molecule has 33 heavy (non-hydrogen) atoms. The average molecular weight is 437 g/mol. The number of carbonyl (C=O) groups is 2. The van der Waals surface area contributed by atoms with Crippen LogP contribution in [0.4, 0.5) is 5.69 Å². The molecule has 6 nitrogen and oxygen atoms in total. The predicted molar refractivity (Wildman–Crippen MR) is 126 cm³/mol. The number of hydrogen-bond donors (Lipinski definition) is 2. The second-order valence-corrected chi connectivity index (χ2v) is 7.83. The maximum atomic E-state index is 13.2. The third-order valence-electron chi connectivity index (χ3n) is 5.72. The van der Waals surface area contributed by atoms with E-state index in [4.69, 9.17) is 4.42 Å². The van der Waals surface area contributed by atoms with E-state index in [1.54, 1.807) is 30.3 Å². The number of carbonyl (C=O) groups excluding carboxylic acids is 1. The molecule has 0 saturated heterocycles. The summed E-state index contributed by atoms with van der Waals surface area (Å²) in [5.74, 6) is -1.13. The van der Waals surface area contributed by atoms with Gasteiger partial charge in [-0.25, -0.2) is 4.79 Å². The lowest BCUT2D eigenvalue weighted by atomic mass is 10.1. The van der Waals surface area contributed by atoms with E-state index in [1.165, 1.54) is 12.1 Å². The maximum absolute atomic E-state index is 13.2. The SMILES string of the molecule is O=C(O)c1ccccc1C(=O)Nc1ccc2oc3c(c(=O)c2c1)CC/C3=C\c1ccccc1. The van der Waals surface area contributed by atoms with Crippen LogP contribution in [0.5, 0.6) is 0 Å². The second kappa shape index (κ2) is 8.24. The summed E-state index contributed by atoms with van der Waals surface area (Å²) in [7, 11) is 0. The molecule has 6 heteroatoms. The first-order chi connectivity index (χ1) is 16.0. The highest BCUT2D eigenvalue weighted by molar-refractivity contribution is 6.11. The van der Waals surface area contributed by atoms with Crippen LogP contribution in [0.1, 0.15) is 44.0 Å². The number of benzene rings is 3. The fraction of sp³-hybridized carbons (Fsp3) is 0.0741. The number of carboxylic acid groups (broad SMARTS) is 1. The summed E-state index contributed by atoms with van der Waals surface area (Å²) in [6.07, 6.45) is 3.35. The lowest BCUT2D eigenvalue weighted by Gasteiger charge is -2.09. The number of carboxylic acids is 1. The molecular weight excluding hydrogens is 418 g/mol. The Balaban J connectivity index is 1.50. The average Bonchev–Trinajstić information content (AvgIpc) is 3.23. The molecule has 1 heterocycles. The first-order valence-corrected chi connectivity index (χ1v) is 10.5. The monoisotopic (exact) mass is 437 g/mol. The highest BCUT2D eigenvalue weighted by Gasteiger charge is 2.24. The first-order valence-electron chi connectivity index (χ1n) is 10.5. The van der Waals surface area contributed by atoms with Crippen molar-refractivity contribution >= 4 is 40.2 Å². The number of aromatic carboxylic acids is 1. The zero-order valence-electron chi connectivity index (χ0n) is 17.5. The van der Waals surface area contributed by atoms with Gasteiger partial charge < -0.3 is 14.8 Å². The normalized spacial score (nSPS) is 13.8. The minimum atomic E-state index is -1.19. The van der Waals surface area contributed by atoms with Gasteiger partial charge in [-0.05, 0) is 60.4 Å². The first kappa shape index (κ1) is 20.5. The predicted octanol–water partition coefficient (Wildman–Crippen LogP) is 5.23. The standard InChI is InChI=1S/C27H19NO5/c29-24-21-12-10-17(14-16-6-2-1-3-7-16)25(21)33-23-13-11-18(15-22(23)24)28-26(30)19-8-4-5-9-20(19)27(31)32/h1-9,11,13-15H,10,12H2,(H,28,30)(H,31,32)/b17-14+. The number of anilines is 1. The van der Waals surface area contributed by atoms with Crippen LogP contribution in [-0.4, -0.2) is 17.0 Å². The number of rotatable bonds is 4. The van der Waals surface area contributed by atoms with E-state index in [1.807, 2.05) is 36.4 Å². The Morgan fingerprint density at radius 1 is 0.909 bits per heavy atom. The molecule has 3 aromatic carbocycles. The summed E-state index contributed by atoms with van der Waals surface area (Å²) < 4.78 is 6.11. The minimum Gasteiger partial charge on any atom is -0.478 e. The molecule has 0 aliphatic heterocycles. The number of amides is 1. The third kappa shape index (κ3) is 3.83. The third-order valence-corrected chi connectivity index (χ3v) is 5.72. The molecule has 4 aromatic rings. The summed E-state index contributed by atoms with van der Waals surface area (Å²) in [5, 5.41) is 12.4. The number of fused-ring (bicyclic) bond motifs is 2. The summed E-state index contributed by atoms with van der Waals surface area (Å²) >= 11 is 0. The van der Waals surface area contributed by atoms with Crippen LogP contribution in [0.25, 0.3) is 22.6 Å². The quantitative estimate of drug-likeness (QED) is 0.456. The zero-order valence-corrected chi connectivity index (χ0v) is 17.5. The van der Waals surface area contributed by atoms with Gasteiger partial charge in [-0.1, -0.05) is 42.5 Å². The Kier molecular flexibility index (Phi) is 5.11. The van der Waals surface area contributed by atoms with Gasteiger partial charge in [-0.2, -0.15) is 0 Å². The molecule has 0 saturated carbocycles. The van der Waals surface area contributed by atoms with Crippen molar-refractivity contribution in [1.29, 1.82) is 0 Å². The Hall–Kier alpha value is -4.45. The van der Waals surface area contributed by atoms with Crippen LogP contribution in [-0.2, 0) is 6.42 Å². The van der Waals surface area contributed by atoms with Crippen molar-refractivity contribution in [3.8, 4) is 0 Å². The van der Waals surface area contributed by atoms with Gasteiger partial charge in [-0.3, -0.25) is 9.59 Å². The van der Waals surface area contributed by atoms with Gasteiger partial charge in [0.1, 0.15) is 11.3 Å². The molecule has 0 atom stereocenters. The van der Waals surface area contributed by atoms with Gasteiger partial charge in [0.2, 0.25) is 0 Å². The fourth-order valence-corrected chi connectivity index (χ4v) is 4.13. The van der Waals surface area contributed by atoms with E-state index < -0.39 is 11.9 Å². The van der Waals surface area contributed by atoms with E-state index >= 15 is 0 Å². The maximum Gasteiger partial charge on any atom is 0.336 e. The number of nitrogens with one attached hydrogen (secondary N) is 1. The van der Waals surface area contributed by atoms with Crippen molar-refractivity contribution in [2.24, 2.45) is 0 Å². The summed E-state index contributed by atoms with van der Waals surface area (Å²) in [6, 6.07) is 20.7. The molecule has 1 aliphatic rings. The van der Waals surface area contributed by atoms with Gasteiger partial charge >= 0.3 is 5.97 Å². The van der Waals surface area contributed by atoms with Gasteiger partial charge in [-0.15, -0.1) is 0 Å². The van der Waals surface area contributed by atoms with E-state index in [0.717, 1.165) is 17.6 Å². The van der Waals surface area contributed by atoms with Crippen LogP contribution < -0.4 is 10.7 Å². The zero-order chi connectivity index (χ0) is 22.9. The topological polar surface area (TPSA) is 96.6 Å². The highest BCUT2D eigenvalue weighted by Crippen LogP contribution is 2.34. The molecule has 0 bridgehead atoms. The molecule has 1 amide bonds. The van der Waals surface area contributed by atoms with Gasteiger partial charge in [0.15, 0.2) is 5.43 Å². The van der Waals surface area contributed by atoms with E-state index in [2.05, 4.69) is 5.32 Å². The number of hydrogen-bond acceptors (Lipinski definition) is 4. The number of allylic oxidation sites excluding steroid dienone is 1. The van der Waals surface area contributed by atoms with Crippen LogP contribution in [0, 0.1) is 0 Å². The van der Waals surface area contributed by atoms with Crippen molar-refractivity contribution < 1.29 is 19.1 Å². The van der Waals surface area contributed by atoms with Crippen LogP contribution in [0.15, 0.2) is 82.0 Å². The van der Waals surface area contributed by atoms with Gasteiger partial charge in [0.25, 0.3) is 5.91 Å². The van der Waals surface area contributed by atoms with E-state index in [-0.39, 0.29) is 16.6 Å². The molecule has 0 spiro atoms. The second-order valence-electron chi connectivity index (χ2n) is 7.83. The van der Waals surface area contributed by atoms with Crippen molar-refractivity contribution in [3.05, 3.63) is 111 Å². The fourth-order valence-electron chi connectivity index (χ4n) is 4.13. The van der Waals surface area contributed by atoms with Crippen molar-refractivity contribution in [3.63, 3.8) is 0 Å². The molecule has 5 rings (SSSR count). The Bertz CT molecular complexity index is 1500. The van der Waals surface area contributed by atoms with Crippen LogP contribution in [0.3, 0.4) is 0 Å².